The van der Waals surface area contributed by atoms with Crippen LogP contribution in [0.25, 0.3) is 10.8 Å². The topological polar surface area (TPSA) is 76.1 Å². The molecule has 0 spiro atoms. The van der Waals surface area contributed by atoms with Gasteiger partial charge in [-0.3, -0.25) is 9.78 Å². The van der Waals surface area contributed by atoms with E-state index in [-0.39, 0.29) is 4.90 Å². The van der Waals surface area contributed by atoms with Gasteiger partial charge in [-0.2, -0.15) is 0 Å². The summed E-state index contributed by atoms with van der Waals surface area (Å²) in [6.45, 7) is 3.30. The first-order valence-corrected chi connectivity index (χ1v) is 9.74. The fourth-order valence-corrected chi connectivity index (χ4v) is 4.17. The molecule has 0 aliphatic heterocycles. The Morgan fingerprint density at radius 2 is 1.85 bits per heavy atom. The third kappa shape index (κ3) is 3.43. The second-order valence-electron chi connectivity index (χ2n) is 6.42. The van der Waals surface area contributed by atoms with Gasteiger partial charge in [0.15, 0.2) is 0 Å². The van der Waals surface area contributed by atoms with Gasteiger partial charge in [-0.05, 0) is 43.7 Å². The van der Waals surface area contributed by atoms with E-state index in [0.717, 1.165) is 0 Å². The number of pyridine rings is 1. The first kappa shape index (κ1) is 18.4. The number of nitrogens with zero attached hydrogens (tertiary/aromatic N) is 1. The van der Waals surface area contributed by atoms with Crippen molar-refractivity contribution in [2.24, 2.45) is 0 Å². The summed E-state index contributed by atoms with van der Waals surface area (Å²) in [5, 5.41) is 1.66. The zero-order chi connectivity index (χ0) is 18.9. The van der Waals surface area contributed by atoms with Gasteiger partial charge in [-0.1, -0.05) is 35.9 Å². The van der Waals surface area contributed by atoms with Crippen LogP contribution in [-0.4, -0.2) is 19.3 Å². The van der Waals surface area contributed by atoms with Gasteiger partial charge in [0.1, 0.15) is 0 Å². The lowest BCUT2D eigenvalue weighted by molar-refractivity contribution is -0.123. The Kier molecular flexibility index (Phi) is 4.73. The molecule has 0 saturated heterocycles. The smallest absolute Gasteiger partial charge is 0.264 e. The molecule has 0 aliphatic carbocycles. The minimum absolute atomic E-state index is 0.0349. The van der Waals surface area contributed by atoms with E-state index in [1.165, 1.54) is 12.3 Å². The number of nitrogens with one attached hydrogen (secondary N) is 1. The third-order valence-electron chi connectivity index (χ3n) is 4.27. The number of hydrogen-bond donors (Lipinski definition) is 1. The van der Waals surface area contributed by atoms with Crippen LogP contribution >= 0.6 is 11.6 Å². The molecule has 0 unspecified atom stereocenters. The van der Waals surface area contributed by atoms with E-state index in [0.29, 0.717) is 21.4 Å². The van der Waals surface area contributed by atoms with Gasteiger partial charge in [-0.25, -0.2) is 13.1 Å². The highest BCUT2D eigenvalue weighted by atomic mass is 35.5. The van der Waals surface area contributed by atoms with Crippen LogP contribution in [0.5, 0.6) is 0 Å². The molecule has 0 bridgehead atoms. The average Bonchev–Trinajstić information content (AvgIpc) is 2.60. The van der Waals surface area contributed by atoms with Gasteiger partial charge in [0.25, 0.3) is 10.0 Å². The lowest BCUT2D eigenvalue weighted by atomic mass is 9.84. The molecule has 0 aliphatic rings. The highest BCUT2D eigenvalue weighted by Gasteiger charge is 2.33. The first-order chi connectivity index (χ1) is 12.2. The first-order valence-electron chi connectivity index (χ1n) is 7.88. The van der Waals surface area contributed by atoms with Crippen molar-refractivity contribution in [2.45, 2.75) is 24.2 Å². The maximum Gasteiger partial charge on any atom is 0.264 e. The van der Waals surface area contributed by atoms with Crippen molar-refractivity contribution in [3.63, 3.8) is 0 Å². The minimum Gasteiger partial charge on any atom is -0.273 e. The standard InChI is InChI=1S/C19H17ClN2O3S/c1-19(2,14-6-4-7-15(20)11-14)18(23)22-26(24,25)17-8-3-5-13-12-21-10-9-16(13)17/h3-12H,1-2H3,(H,22,23). The molecular formula is C19H17ClN2O3S. The Balaban J connectivity index is 1.97. The second-order valence-corrected chi connectivity index (χ2v) is 8.51. The number of hydrogen-bond acceptors (Lipinski definition) is 4. The Bertz CT molecular complexity index is 1090. The highest BCUT2D eigenvalue weighted by molar-refractivity contribution is 7.90. The number of carbonyl (C=O) groups excluding carboxylic acids is 1. The quantitative estimate of drug-likeness (QED) is 0.739. The summed E-state index contributed by atoms with van der Waals surface area (Å²) in [4.78, 5) is 16.8. The summed E-state index contributed by atoms with van der Waals surface area (Å²) in [6.07, 6.45) is 3.09. The molecule has 134 valence electrons. The van der Waals surface area contributed by atoms with E-state index in [1.54, 1.807) is 62.5 Å². The number of halogens is 1. The largest absolute Gasteiger partial charge is 0.273 e. The molecule has 0 radical (unpaired) electrons. The van der Waals surface area contributed by atoms with E-state index in [9.17, 15) is 13.2 Å². The van der Waals surface area contributed by atoms with Gasteiger partial charge in [-0.15, -0.1) is 0 Å². The summed E-state index contributed by atoms with van der Waals surface area (Å²) in [6, 6.07) is 13.3. The predicted octanol–water partition coefficient (Wildman–Crippen LogP) is 3.67. The van der Waals surface area contributed by atoms with Crippen molar-refractivity contribution in [3.8, 4) is 0 Å². The van der Waals surface area contributed by atoms with Crippen LogP contribution in [-0.2, 0) is 20.2 Å². The van der Waals surface area contributed by atoms with E-state index >= 15 is 0 Å². The molecule has 1 N–H and O–H groups in total. The fraction of sp³-hybridized carbons (Fsp3) is 0.158. The summed E-state index contributed by atoms with van der Waals surface area (Å²) >= 11 is 5.99. The fourth-order valence-electron chi connectivity index (χ4n) is 2.64. The molecule has 3 rings (SSSR count). The van der Waals surface area contributed by atoms with Crippen LogP contribution in [0.4, 0.5) is 0 Å². The molecular weight excluding hydrogens is 372 g/mol. The number of sulfonamides is 1. The Hall–Kier alpha value is -2.44. The monoisotopic (exact) mass is 388 g/mol. The Morgan fingerprint density at radius 1 is 1.12 bits per heavy atom. The van der Waals surface area contributed by atoms with Crippen molar-refractivity contribution in [1.29, 1.82) is 0 Å². The zero-order valence-corrected chi connectivity index (χ0v) is 15.8. The lowest BCUT2D eigenvalue weighted by Gasteiger charge is -2.24. The number of aromatic nitrogens is 1. The second kappa shape index (κ2) is 6.70. The molecule has 2 aromatic carbocycles. The van der Waals surface area contributed by atoms with Gasteiger partial charge in [0.05, 0.1) is 10.3 Å². The summed E-state index contributed by atoms with van der Waals surface area (Å²) in [5.41, 5.74) is -0.454. The summed E-state index contributed by atoms with van der Waals surface area (Å²) in [5.74, 6) is -0.633. The Labute approximate surface area is 157 Å². The SMILES string of the molecule is CC(C)(C(=O)NS(=O)(=O)c1cccc2cnccc12)c1cccc(Cl)c1. The molecule has 3 aromatic rings. The molecule has 1 amide bonds. The highest BCUT2D eigenvalue weighted by Crippen LogP contribution is 2.27. The average molecular weight is 389 g/mol. The lowest BCUT2D eigenvalue weighted by Crippen LogP contribution is -2.43. The van der Waals surface area contributed by atoms with E-state index < -0.39 is 21.3 Å². The normalized spacial score (nSPS) is 12.1. The third-order valence-corrected chi connectivity index (χ3v) is 5.90. The Morgan fingerprint density at radius 3 is 2.58 bits per heavy atom. The summed E-state index contributed by atoms with van der Waals surface area (Å²) in [7, 11) is -4.05. The van der Waals surface area contributed by atoms with Crippen molar-refractivity contribution < 1.29 is 13.2 Å². The number of benzene rings is 2. The van der Waals surface area contributed by atoms with Crippen molar-refractivity contribution in [2.75, 3.05) is 0 Å². The molecule has 0 saturated carbocycles. The summed E-state index contributed by atoms with van der Waals surface area (Å²) < 4.78 is 27.8. The van der Waals surface area contributed by atoms with Crippen LogP contribution in [0.1, 0.15) is 19.4 Å². The maximum absolute atomic E-state index is 12.8. The van der Waals surface area contributed by atoms with E-state index in [1.807, 2.05) is 0 Å². The molecule has 1 aromatic heterocycles. The number of amides is 1. The molecule has 5 nitrogen and oxygen atoms in total. The zero-order valence-electron chi connectivity index (χ0n) is 14.2. The van der Waals surface area contributed by atoms with Crippen LogP contribution in [0.15, 0.2) is 65.8 Å². The number of fused-ring (bicyclic) bond motifs is 1. The van der Waals surface area contributed by atoms with Crippen LogP contribution < -0.4 is 4.72 Å². The van der Waals surface area contributed by atoms with Crippen LogP contribution in [0.3, 0.4) is 0 Å². The van der Waals surface area contributed by atoms with E-state index in [4.69, 9.17) is 11.6 Å². The van der Waals surface area contributed by atoms with Crippen molar-refractivity contribution in [3.05, 3.63) is 71.5 Å². The van der Waals surface area contributed by atoms with Gasteiger partial charge in [0, 0.05) is 28.2 Å². The predicted molar refractivity (Wildman–Crippen MR) is 102 cm³/mol. The molecule has 0 fully saturated rings. The van der Waals surface area contributed by atoms with Crippen molar-refractivity contribution in [1.82, 2.24) is 9.71 Å². The molecule has 26 heavy (non-hydrogen) atoms. The van der Waals surface area contributed by atoms with Gasteiger partial charge in [0.2, 0.25) is 5.91 Å². The molecule has 7 heteroatoms. The van der Waals surface area contributed by atoms with Gasteiger partial charge < -0.3 is 0 Å². The number of carbonyl (C=O) groups is 1. The number of rotatable bonds is 4. The molecule has 0 atom stereocenters. The molecule has 1 heterocycles. The van der Waals surface area contributed by atoms with Crippen LogP contribution in [0, 0.1) is 0 Å². The van der Waals surface area contributed by atoms with Crippen molar-refractivity contribution >= 4 is 38.3 Å². The maximum atomic E-state index is 12.8. The van der Waals surface area contributed by atoms with Crippen LogP contribution in [0.2, 0.25) is 5.02 Å². The minimum atomic E-state index is -4.05. The van der Waals surface area contributed by atoms with Gasteiger partial charge >= 0.3 is 0 Å². The van der Waals surface area contributed by atoms with E-state index in [2.05, 4.69) is 9.71 Å².